The fourth-order valence-electron chi connectivity index (χ4n) is 3.18. The van der Waals surface area contributed by atoms with Crippen molar-refractivity contribution < 1.29 is 4.74 Å². The molecule has 2 aliphatic heterocycles. The van der Waals surface area contributed by atoms with Gasteiger partial charge in [-0.25, -0.2) is 0 Å². The Morgan fingerprint density at radius 2 is 2.21 bits per heavy atom. The maximum absolute atomic E-state index is 5.80. The van der Waals surface area contributed by atoms with Crippen molar-refractivity contribution in [2.24, 2.45) is 0 Å². The van der Waals surface area contributed by atoms with Gasteiger partial charge in [0.05, 0.1) is 12.7 Å². The van der Waals surface area contributed by atoms with Crippen LogP contribution in [-0.4, -0.2) is 42.5 Å². The van der Waals surface area contributed by atoms with Gasteiger partial charge >= 0.3 is 0 Å². The minimum absolute atomic E-state index is 0.382. The van der Waals surface area contributed by atoms with Crippen molar-refractivity contribution in [3.05, 3.63) is 29.8 Å². The molecular weight excluding hydrogens is 254 g/mol. The van der Waals surface area contributed by atoms with Crippen molar-refractivity contribution in [2.45, 2.75) is 43.2 Å². The Kier molecular flexibility index (Phi) is 4.15. The molecular formula is C16H23NOS. The van der Waals surface area contributed by atoms with Gasteiger partial charge in [0.2, 0.25) is 0 Å². The van der Waals surface area contributed by atoms with Crippen molar-refractivity contribution >= 4 is 11.8 Å². The highest BCUT2D eigenvalue weighted by atomic mass is 32.2. The summed E-state index contributed by atoms with van der Waals surface area (Å²) in [6.45, 7) is 7.64. The molecule has 0 spiro atoms. The third-order valence-electron chi connectivity index (χ3n) is 4.31. The number of morpholine rings is 1. The molecule has 0 N–H and O–H groups in total. The highest BCUT2D eigenvalue weighted by Crippen LogP contribution is 2.40. The van der Waals surface area contributed by atoms with Crippen LogP contribution < -0.4 is 0 Å². The van der Waals surface area contributed by atoms with Gasteiger partial charge in [-0.15, -0.1) is 11.8 Å². The van der Waals surface area contributed by atoms with Crippen molar-refractivity contribution in [2.75, 3.05) is 25.4 Å². The van der Waals surface area contributed by atoms with E-state index in [-0.39, 0.29) is 0 Å². The first-order chi connectivity index (χ1) is 9.28. The second kappa shape index (κ2) is 5.86. The van der Waals surface area contributed by atoms with E-state index in [0.717, 1.165) is 13.2 Å². The van der Waals surface area contributed by atoms with Crippen LogP contribution in [0.5, 0.6) is 0 Å². The fraction of sp³-hybridized carbons (Fsp3) is 0.625. The van der Waals surface area contributed by atoms with Gasteiger partial charge in [0.1, 0.15) is 0 Å². The summed E-state index contributed by atoms with van der Waals surface area (Å²) in [7, 11) is 0. The highest BCUT2D eigenvalue weighted by molar-refractivity contribution is 7.99. The minimum atomic E-state index is 0.382. The molecule has 3 heteroatoms. The van der Waals surface area contributed by atoms with Crippen LogP contribution in [0.1, 0.15) is 31.7 Å². The molecule has 3 rings (SSSR count). The number of nitrogens with zero attached hydrogens (tertiary/aromatic N) is 1. The maximum atomic E-state index is 5.80. The molecule has 2 nitrogen and oxygen atoms in total. The average molecular weight is 277 g/mol. The summed E-state index contributed by atoms with van der Waals surface area (Å²) in [6, 6.07) is 9.51. The summed E-state index contributed by atoms with van der Waals surface area (Å²) < 4.78 is 5.80. The number of benzene rings is 1. The van der Waals surface area contributed by atoms with Gasteiger partial charge in [-0.1, -0.05) is 25.1 Å². The Labute approximate surface area is 120 Å². The summed E-state index contributed by atoms with van der Waals surface area (Å²) in [5.74, 6) is 1.93. The molecule has 1 aromatic carbocycles. The average Bonchev–Trinajstić information content (AvgIpc) is 2.83. The topological polar surface area (TPSA) is 12.5 Å². The zero-order valence-electron chi connectivity index (χ0n) is 11.8. The summed E-state index contributed by atoms with van der Waals surface area (Å²) in [6.07, 6.45) is 1.57. The Hall–Kier alpha value is -0.510. The van der Waals surface area contributed by atoms with E-state index in [1.807, 2.05) is 11.8 Å². The molecule has 1 saturated heterocycles. The molecule has 1 aromatic rings. The quantitative estimate of drug-likeness (QED) is 0.840. The second-order valence-electron chi connectivity index (χ2n) is 5.71. The van der Waals surface area contributed by atoms with Crippen LogP contribution >= 0.6 is 11.8 Å². The van der Waals surface area contributed by atoms with Crippen LogP contribution in [0, 0.1) is 0 Å². The SMILES string of the molecule is CCC1COC(C)CN1CC1CSc2ccccc21. The van der Waals surface area contributed by atoms with Crippen LogP contribution in [0.15, 0.2) is 29.2 Å². The molecule has 0 aliphatic carbocycles. The van der Waals surface area contributed by atoms with E-state index in [1.165, 1.54) is 23.6 Å². The van der Waals surface area contributed by atoms with Crippen molar-refractivity contribution in [1.82, 2.24) is 4.90 Å². The zero-order chi connectivity index (χ0) is 13.2. The molecule has 3 unspecified atom stereocenters. The fourth-order valence-corrected chi connectivity index (χ4v) is 4.42. The molecule has 0 amide bonds. The standard InChI is InChI=1S/C16H23NOS/c1-3-14-10-18-12(2)8-17(14)9-13-11-19-16-7-5-4-6-15(13)16/h4-7,12-14H,3,8-11H2,1-2H3. The van der Waals surface area contributed by atoms with E-state index in [9.17, 15) is 0 Å². The third-order valence-corrected chi connectivity index (χ3v) is 5.56. The van der Waals surface area contributed by atoms with Gasteiger partial charge in [-0.2, -0.15) is 0 Å². The van der Waals surface area contributed by atoms with Gasteiger partial charge in [0, 0.05) is 35.7 Å². The summed E-state index contributed by atoms with van der Waals surface area (Å²) in [5, 5.41) is 0. The summed E-state index contributed by atoms with van der Waals surface area (Å²) >= 11 is 2.02. The van der Waals surface area contributed by atoms with Crippen LogP contribution in [0.25, 0.3) is 0 Å². The lowest BCUT2D eigenvalue weighted by Crippen LogP contribution is -2.49. The van der Waals surface area contributed by atoms with Crippen molar-refractivity contribution in [3.63, 3.8) is 0 Å². The first-order valence-electron chi connectivity index (χ1n) is 7.35. The molecule has 2 aliphatic rings. The molecule has 19 heavy (non-hydrogen) atoms. The number of hydrogen-bond acceptors (Lipinski definition) is 3. The molecule has 0 saturated carbocycles. The van der Waals surface area contributed by atoms with Crippen LogP contribution in [-0.2, 0) is 4.74 Å². The first-order valence-corrected chi connectivity index (χ1v) is 8.34. The lowest BCUT2D eigenvalue weighted by atomic mass is 9.99. The predicted octanol–water partition coefficient (Wildman–Crippen LogP) is 3.38. The first kappa shape index (κ1) is 13.5. The Balaban J connectivity index is 1.71. The minimum Gasteiger partial charge on any atom is -0.376 e. The highest BCUT2D eigenvalue weighted by Gasteiger charge is 2.30. The Morgan fingerprint density at radius 1 is 1.37 bits per heavy atom. The van der Waals surface area contributed by atoms with E-state index < -0.39 is 0 Å². The Bertz CT molecular complexity index is 437. The van der Waals surface area contributed by atoms with Crippen LogP contribution in [0.4, 0.5) is 0 Å². The molecule has 0 bridgehead atoms. The molecule has 2 heterocycles. The van der Waals surface area contributed by atoms with Gasteiger partial charge < -0.3 is 4.74 Å². The van der Waals surface area contributed by atoms with Gasteiger partial charge in [0.15, 0.2) is 0 Å². The largest absolute Gasteiger partial charge is 0.376 e. The predicted molar refractivity (Wildman–Crippen MR) is 81.0 cm³/mol. The van der Waals surface area contributed by atoms with E-state index in [0.29, 0.717) is 18.1 Å². The molecule has 3 atom stereocenters. The van der Waals surface area contributed by atoms with E-state index in [4.69, 9.17) is 4.74 Å². The number of ether oxygens (including phenoxy) is 1. The maximum Gasteiger partial charge on any atom is 0.0674 e. The van der Waals surface area contributed by atoms with Gasteiger partial charge in [-0.05, 0) is 25.0 Å². The number of thioether (sulfide) groups is 1. The molecule has 0 aromatic heterocycles. The third kappa shape index (κ3) is 2.83. The van der Waals surface area contributed by atoms with Crippen LogP contribution in [0.3, 0.4) is 0 Å². The zero-order valence-corrected chi connectivity index (χ0v) is 12.7. The normalized spacial score (nSPS) is 31.4. The van der Waals surface area contributed by atoms with Crippen molar-refractivity contribution in [3.8, 4) is 0 Å². The second-order valence-corrected chi connectivity index (χ2v) is 6.77. The van der Waals surface area contributed by atoms with E-state index in [2.05, 4.69) is 43.0 Å². The monoisotopic (exact) mass is 277 g/mol. The van der Waals surface area contributed by atoms with Crippen molar-refractivity contribution in [1.29, 1.82) is 0 Å². The Morgan fingerprint density at radius 3 is 3.05 bits per heavy atom. The smallest absolute Gasteiger partial charge is 0.0674 e. The molecule has 0 radical (unpaired) electrons. The number of hydrogen-bond donors (Lipinski definition) is 0. The van der Waals surface area contributed by atoms with Gasteiger partial charge in [-0.3, -0.25) is 4.90 Å². The van der Waals surface area contributed by atoms with E-state index >= 15 is 0 Å². The lowest BCUT2D eigenvalue weighted by molar-refractivity contribution is -0.0570. The van der Waals surface area contributed by atoms with E-state index in [1.54, 1.807) is 5.56 Å². The molecule has 104 valence electrons. The van der Waals surface area contributed by atoms with Gasteiger partial charge in [0.25, 0.3) is 0 Å². The summed E-state index contributed by atoms with van der Waals surface area (Å²) in [5.41, 5.74) is 1.56. The number of rotatable bonds is 3. The van der Waals surface area contributed by atoms with Crippen LogP contribution in [0.2, 0.25) is 0 Å². The lowest BCUT2D eigenvalue weighted by Gasteiger charge is -2.39. The summed E-state index contributed by atoms with van der Waals surface area (Å²) in [4.78, 5) is 4.14. The number of fused-ring (bicyclic) bond motifs is 1. The molecule has 1 fully saturated rings.